The third-order valence-corrected chi connectivity index (χ3v) is 5.98. The van der Waals surface area contributed by atoms with Gasteiger partial charge in [0.25, 0.3) is 5.56 Å². The fourth-order valence-corrected chi connectivity index (χ4v) is 4.36. The van der Waals surface area contributed by atoms with Gasteiger partial charge in [0, 0.05) is 32.4 Å². The zero-order valence-electron chi connectivity index (χ0n) is 18.5. The normalized spacial score (nSPS) is 16.0. The van der Waals surface area contributed by atoms with Crippen molar-refractivity contribution in [3.05, 3.63) is 92.9 Å². The lowest BCUT2D eigenvalue weighted by Gasteiger charge is -2.32. The van der Waals surface area contributed by atoms with Crippen LogP contribution in [0.5, 0.6) is 0 Å². The van der Waals surface area contributed by atoms with Crippen LogP contribution in [0.2, 0.25) is 0 Å². The third-order valence-electron chi connectivity index (χ3n) is 5.98. The quantitative estimate of drug-likeness (QED) is 0.482. The van der Waals surface area contributed by atoms with Crippen LogP contribution in [0.4, 0.5) is 16.0 Å². The molecule has 0 spiro atoms. The van der Waals surface area contributed by atoms with Gasteiger partial charge in [-0.15, -0.1) is 0 Å². The van der Waals surface area contributed by atoms with E-state index in [1.165, 1.54) is 21.3 Å². The zero-order chi connectivity index (χ0) is 23.1. The number of hydrogen-bond acceptors (Lipinski definition) is 4. The second-order valence-corrected chi connectivity index (χ2v) is 8.46. The average Bonchev–Trinajstić information content (AvgIpc) is 3.20. The molecule has 0 bridgehead atoms. The Balaban J connectivity index is 1.63. The van der Waals surface area contributed by atoms with E-state index in [1.807, 2.05) is 52.0 Å². The number of rotatable bonds is 4. The lowest BCUT2D eigenvalue weighted by atomic mass is 10.1. The molecule has 0 N–H and O–H groups in total. The van der Waals surface area contributed by atoms with Gasteiger partial charge < -0.3 is 9.47 Å². The predicted octanol–water partition coefficient (Wildman–Crippen LogP) is 3.54. The Bertz CT molecular complexity index is 1470. The molecule has 0 amide bonds. The molecule has 5 rings (SSSR count). The van der Waals surface area contributed by atoms with E-state index in [2.05, 4.69) is 11.9 Å². The lowest BCUT2D eigenvalue weighted by molar-refractivity contribution is 0.458. The van der Waals surface area contributed by atoms with Crippen molar-refractivity contribution in [2.24, 2.45) is 13.0 Å². The number of benzene rings is 2. The third kappa shape index (κ3) is 3.67. The molecule has 1 atom stereocenters. The van der Waals surface area contributed by atoms with E-state index in [-0.39, 0.29) is 23.8 Å². The van der Waals surface area contributed by atoms with Gasteiger partial charge in [-0.1, -0.05) is 49.4 Å². The summed E-state index contributed by atoms with van der Waals surface area (Å²) in [6, 6.07) is 15.9. The van der Waals surface area contributed by atoms with Crippen molar-refractivity contribution in [3.8, 4) is 0 Å². The molecule has 0 saturated heterocycles. The highest BCUT2D eigenvalue weighted by Crippen LogP contribution is 2.32. The number of halogens is 1. The Morgan fingerprint density at radius 3 is 2.52 bits per heavy atom. The van der Waals surface area contributed by atoms with Crippen LogP contribution < -0.4 is 16.1 Å². The van der Waals surface area contributed by atoms with Crippen molar-refractivity contribution in [3.63, 3.8) is 0 Å². The minimum Gasteiger partial charge on any atom is -0.312 e. The fraction of sp³-hybridized carbons (Fsp3) is 0.240. The van der Waals surface area contributed by atoms with Crippen LogP contribution in [0.15, 0.2) is 70.3 Å². The summed E-state index contributed by atoms with van der Waals surface area (Å²) in [5, 5.41) is 0. The molecule has 4 aromatic rings. The summed E-state index contributed by atoms with van der Waals surface area (Å²) in [5.74, 6) is 0.494. The highest BCUT2D eigenvalue weighted by molar-refractivity contribution is 5.77. The summed E-state index contributed by atoms with van der Waals surface area (Å²) in [6.45, 7) is 3.54. The van der Waals surface area contributed by atoms with E-state index in [4.69, 9.17) is 0 Å². The summed E-state index contributed by atoms with van der Waals surface area (Å²) in [6.07, 6.45) is 3.70. The number of aromatic nitrogens is 4. The largest absolute Gasteiger partial charge is 0.332 e. The molecule has 1 aliphatic rings. The minimum absolute atomic E-state index is 0.161. The molecule has 7 nitrogen and oxygen atoms in total. The van der Waals surface area contributed by atoms with E-state index >= 15 is 0 Å². The Hall–Kier alpha value is -3.94. The van der Waals surface area contributed by atoms with Crippen LogP contribution in [0.3, 0.4) is 0 Å². The maximum atomic E-state index is 13.5. The van der Waals surface area contributed by atoms with Crippen LogP contribution in [0.1, 0.15) is 12.5 Å². The summed E-state index contributed by atoms with van der Waals surface area (Å²) in [7, 11) is 1.63. The number of anilines is 2. The molecule has 1 aliphatic heterocycles. The van der Waals surface area contributed by atoms with Gasteiger partial charge in [0.2, 0.25) is 5.95 Å². The van der Waals surface area contributed by atoms with Crippen molar-refractivity contribution in [1.82, 2.24) is 18.7 Å². The summed E-state index contributed by atoms with van der Waals surface area (Å²) in [4.78, 5) is 33.1. The first kappa shape index (κ1) is 20.9. The van der Waals surface area contributed by atoms with E-state index in [9.17, 15) is 14.0 Å². The Morgan fingerprint density at radius 1 is 1.06 bits per heavy atom. The standard InChI is InChI=1S/C25H24FN5O2/c1-17-15-30(20-12-10-19(26)11-13-20)24-27-22-21(31(24)16-17)23(32)29(25(33)28(22)2)14-6-9-18-7-4-3-5-8-18/h3-13,17H,14-16H2,1-2H3/b9-6+/t17-/m0/s1. The first-order chi connectivity index (χ1) is 15.9. The van der Waals surface area contributed by atoms with Crippen molar-refractivity contribution in [1.29, 1.82) is 0 Å². The summed E-state index contributed by atoms with van der Waals surface area (Å²) in [5.41, 5.74) is 1.76. The number of nitrogens with zero attached hydrogens (tertiary/aromatic N) is 5. The monoisotopic (exact) mass is 445 g/mol. The van der Waals surface area contributed by atoms with Crippen LogP contribution >= 0.6 is 0 Å². The predicted molar refractivity (Wildman–Crippen MR) is 127 cm³/mol. The van der Waals surface area contributed by atoms with Gasteiger partial charge in [0.1, 0.15) is 5.82 Å². The number of hydrogen-bond donors (Lipinski definition) is 0. The smallest absolute Gasteiger partial charge is 0.312 e. The fourth-order valence-electron chi connectivity index (χ4n) is 4.36. The molecule has 3 heterocycles. The van der Waals surface area contributed by atoms with Crippen molar-refractivity contribution in [2.45, 2.75) is 20.0 Å². The molecule has 8 heteroatoms. The molecule has 33 heavy (non-hydrogen) atoms. The van der Waals surface area contributed by atoms with Crippen molar-refractivity contribution < 1.29 is 4.39 Å². The van der Waals surface area contributed by atoms with Crippen LogP contribution in [-0.4, -0.2) is 25.2 Å². The second kappa shape index (κ2) is 8.20. The summed E-state index contributed by atoms with van der Waals surface area (Å²) < 4.78 is 18.0. The molecular formula is C25H24FN5O2. The molecule has 0 saturated carbocycles. The van der Waals surface area contributed by atoms with Gasteiger partial charge in [0.15, 0.2) is 11.2 Å². The SMILES string of the molecule is C[C@H]1CN(c2ccc(F)cc2)c2nc3c(c(=O)n(C/C=C/c4ccccc4)c(=O)n3C)n2C1. The molecule has 2 aromatic heterocycles. The molecule has 0 unspecified atom stereocenters. The molecule has 168 valence electrons. The Kier molecular flexibility index (Phi) is 5.20. The van der Waals surface area contributed by atoms with E-state index in [1.54, 1.807) is 19.2 Å². The maximum Gasteiger partial charge on any atom is 0.332 e. The maximum absolute atomic E-state index is 13.5. The van der Waals surface area contributed by atoms with Crippen molar-refractivity contribution >= 4 is 28.9 Å². The lowest BCUT2D eigenvalue weighted by Crippen LogP contribution is -2.40. The van der Waals surface area contributed by atoms with E-state index < -0.39 is 5.69 Å². The van der Waals surface area contributed by atoms with Gasteiger partial charge in [-0.25, -0.2) is 9.18 Å². The van der Waals surface area contributed by atoms with Crippen LogP contribution in [0, 0.1) is 11.7 Å². The Labute approximate surface area is 189 Å². The minimum atomic E-state index is -0.415. The number of aryl methyl sites for hydroxylation is 1. The van der Waals surface area contributed by atoms with Gasteiger partial charge in [-0.05, 0) is 35.7 Å². The van der Waals surface area contributed by atoms with Crippen LogP contribution in [0.25, 0.3) is 17.2 Å². The molecule has 0 radical (unpaired) electrons. The second-order valence-electron chi connectivity index (χ2n) is 8.46. The first-order valence-corrected chi connectivity index (χ1v) is 10.9. The average molecular weight is 445 g/mol. The van der Waals surface area contributed by atoms with Gasteiger partial charge in [-0.3, -0.25) is 13.9 Å². The van der Waals surface area contributed by atoms with Crippen molar-refractivity contribution in [2.75, 3.05) is 11.4 Å². The Morgan fingerprint density at radius 2 is 1.79 bits per heavy atom. The summed E-state index contributed by atoms with van der Waals surface area (Å²) >= 11 is 0. The number of fused-ring (bicyclic) bond motifs is 3. The number of imidazole rings is 1. The first-order valence-electron chi connectivity index (χ1n) is 10.9. The molecular weight excluding hydrogens is 421 g/mol. The zero-order valence-corrected chi connectivity index (χ0v) is 18.5. The van der Waals surface area contributed by atoms with Gasteiger partial charge >= 0.3 is 5.69 Å². The van der Waals surface area contributed by atoms with Gasteiger partial charge in [0.05, 0.1) is 0 Å². The van der Waals surface area contributed by atoms with E-state index in [0.717, 1.165) is 11.3 Å². The molecule has 0 fully saturated rings. The van der Waals surface area contributed by atoms with Gasteiger partial charge in [-0.2, -0.15) is 4.98 Å². The van der Waals surface area contributed by atoms with Crippen LogP contribution in [-0.2, 0) is 20.1 Å². The highest BCUT2D eigenvalue weighted by atomic mass is 19.1. The van der Waals surface area contributed by atoms with E-state index in [0.29, 0.717) is 30.2 Å². The molecule has 2 aromatic carbocycles. The number of allylic oxidation sites excluding steroid dienone is 1. The highest BCUT2D eigenvalue weighted by Gasteiger charge is 2.29. The molecule has 0 aliphatic carbocycles. The topological polar surface area (TPSA) is 65.1 Å².